The van der Waals surface area contributed by atoms with Crippen molar-refractivity contribution in [3.63, 3.8) is 0 Å². The lowest BCUT2D eigenvalue weighted by Gasteiger charge is -2.39. The van der Waals surface area contributed by atoms with Crippen LogP contribution in [0, 0.1) is 17.8 Å². The Morgan fingerprint density at radius 2 is 1.88 bits per heavy atom. The second-order valence-corrected chi connectivity index (χ2v) is 13.9. The van der Waals surface area contributed by atoms with Crippen LogP contribution in [0.2, 0.25) is 0 Å². The molecule has 43 heavy (non-hydrogen) atoms. The molecule has 6 aliphatic rings. The van der Waals surface area contributed by atoms with E-state index >= 15 is 0 Å². The first-order chi connectivity index (χ1) is 21.1. The van der Waals surface area contributed by atoms with E-state index in [1.165, 1.54) is 58.4 Å². The monoisotopic (exact) mass is 570 g/mol. The molecule has 1 saturated heterocycles. The maximum Gasteiger partial charge on any atom is 0.130 e. The smallest absolute Gasteiger partial charge is 0.130 e. The van der Waals surface area contributed by atoms with Crippen LogP contribution >= 0.6 is 0 Å². The number of rotatable bonds is 6. The molecule has 2 aromatic rings. The molecule has 222 valence electrons. The van der Waals surface area contributed by atoms with Crippen LogP contribution in [-0.2, 0) is 13.0 Å². The molecule has 0 spiro atoms. The Kier molecular flexibility index (Phi) is 6.98. The Morgan fingerprint density at radius 1 is 1.00 bits per heavy atom. The van der Waals surface area contributed by atoms with Gasteiger partial charge in [0.2, 0.25) is 0 Å². The topological polar surface area (TPSA) is 15.7 Å². The van der Waals surface area contributed by atoms with Gasteiger partial charge in [-0.05, 0) is 91.0 Å². The second-order valence-electron chi connectivity index (χ2n) is 13.9. The van der Waals surface area contributed by atoms with Crippen molar-refractivity contribution in [3.05, 3.63) is 118 Å². The van der Waals surface area contributed by atoms with E-state index in [0.717, 1.165) is 38.1 Å². The molecule has 0 amide bonds. The second kappa shape index (κ2) is 11.0. The number of benzene rings is 2. The van der Waals surface area contributed by atoms with E-state index in [1.54, 1.807) is 5.70 Å². The van der Waals surface area contributed by atoms with Gasteiger partial charge in [-0.25, -0.2) is 0 Å². The van der Waals surface area contributed by atoms with E-state index in [1.807, 2.05) is 0 Å². The van der Waals surface area contributed by atoms with E-state index in [-0.39, 0.29) is 12.3 Å². The van der Waals surface area contributed by atoms with Crippen molar-refractivity contribution in [2.45, 2.75) is 96.6 Å². The first kappa shape index (κ1) is 27.3. The largest absolute Gasteiger partial charge is 0.489 e. The van der Waals surface area contributed by atoms with Crippen molar-refractivity contribution < 1.29 is 4.74 Å². The van der Waals surface area contributed by atoms with Gasteiger partial charge < -0.3 is 9.64 Å². The molecule has 0 N–H and O–H groups in total. The van der Waals surface area contributed by atoms with Crippen LogP contribution < -0.4 is 4.74 Å². The molecule has 8 rings (SSSR count). The summed E-state index contributed by atoms with van der Waals surface area (Å²) >= 11 is 0. The fraction of sp³-hybridized carbons (Fsp3) is 0.450. The Balaban J connectivity index is 1.19. The van der Waals surface area contributed by atoms with Crippen LogP contribution in [0.3, 0.4) is 0 Å². The van der Waals surface area contributed by atoms with Gasteiger partial charge in [0.1, 0.15) is 18.0 Å². The molecule has 3 heterocycles. The predicted molar refractivity (Wildman–Crippen MR) is 176 cm³/mol. The van der Waals surface area contributed by atoms with Crippen molar-refractivity contribution in [2.24, 2.45) is 17.8 Å². The van der Waals surface area contributed by atoms with Gasteiger partial charge in [0.15, 0.2) is 0 Å². The van der Waals surface area contributed by atoms with Crippen molar-refractivity contribution in [2.75, 3.05) is 0 Å². The maximum atomic E-state index is 7.11. The Labute approximate surface area is 258 Å². The lowest BCUT2D eigenvalue weighted by molar-refractivity contribution is 0.147. The Bertz CT molecular complexity index is 1560. The summed E-state index contributed by atoms with van der Waals surface area (Å²) in [5.74, 6) is 3.01. The van der Waals surface area contributed by atoms with Crippen LogP contribution in [0.1, 0.15) is 99.3 Å². The number of fused-ring (bicyclic) bond motifs is 9. The van der Waals surface area contributed by atoms with Crippen LogP contribution in [0.25, 0.3) is 6.08 Å². The molecule has 3 heteroatoms. The van der Waals surface area contributed by atoms with Crippen molar-refractivity contribution in [1.29, 1.82) is 0 Å². The molecule has 3 nitrogen and oxygen atoms in total. The standard InChI is InChI=1S/C40H46N2O/c1-4-12-29(27-13-6-5-7-14-27)23-32-24-30-19-20-31-25-41-36-22-21-28-15-8-9-17-34(28)38(36)42(40(41)37(31)39(30)43-32)35-18-11-10-16-33(35)26(2)3/h4-6,8-10,12,15-17,19-22,26-27,29,32,36,38,40H,7,11,13-14,18,23-25H2,1-3H3/b12-4-. The third-order valence-electron chi connectivity index (χ3n) is 11.1. The summed E-state index contributed by atoms with van der Waals surface area (Å²) in [7, 11) is 0. The number of nitrogens with zero attached hydrogens (tertiary/aromatic N) is 2. The zero-order chi connectivity index (χ0) is 29.1. The van der Waals surface area contributed by atoms with E-state index in [0.29, 0.717) is 23.9 Å². The number of ether oxygens (including phenoxy) is 1. The van der Waals surface area contributed by atoms with E-state index in [2.05, 4.69) is 116 Å². The van der Waals surface area contributed by atoms with Crippen LogP contribution in [0.5, 0.6) is 5.75 Å². The zero-order valence-corrected chi connectivity index (χ0v) is 26.1. The molecule has 1 fully saturated rings. The first-order valence-electron chi connectivity index (χ1n) is 16.9. The third-order valence-corrected chi connectivity index (χ3v) is 11.1. The van der Waals surface area contributed by atoms with Gasteiger partial charge >= 0.3 is 0 Å². The molecule has 3 aliphatic heterocycles. The van der Waals surface area contributed by atoms with Gasteiger partial charge in [-0.2, -0.15) is 0 Å². The molecule has 3 aliphatic carbocycles. The summed E-state index contributed by atoms with van der Waals surface area (Å²) in [6.45, 7) is 7.89. The predicted octanol–water partition coefficient (Wildman–Crippen LogP) is 9.46. The van der Waals surface area contributed by atoms with Gasteiger partial charge in [-0.3, -0.25) is 4.90 Å². The zero-order valence-electron chi connectivity index (χ0n) is 26.1. The van der Waals surface area contributed by atoms with E-state index in [4.69, 9.17) is 4.74 Å². The van der Waals surface area contributed by atoms with E-state index in [9.17, 15) is 0 Å². The minimum Gasteiger partial charge on any atom is -0.489 e. The SMILES string of the molecule is C/C=C\C(CC1Cc2ccc3c(c2O1)C1N(C3)C2C=Cc3ccccc3C2N1C1=C(C(C)C)C=CCC1)C1CC=CCC1. The summed E-state index contributed by atoms with van der Waals surface area (Å²) in [6.07, 6.45) is 27.7. The van der Waals surface area contributed by atoms with Crippen LogP contribution in [0.4, 0.5) is 0 Å². The quantitative estimate of drug-likeness (QED) is 0.322. The maximum absolute atomic E-state index is 7.11. The van der Waals surface area contributed by atoms with Gasteiger partial charge in [-0.15, -0.1) is 0 Å². The Hall–Kier alpha value is -3.30. The molecule has 0 aromatic heterocycles. The van der Waals surface area contributed by atoms with Crippen molar-refractivity contribution >= 4 is 6.08 Å². The highest BCUT2D eigenvalue weighted by molar-refractivity contribution is 5.62. The molecule has 6 atom stereocenters. The first-order valence-corrected chi connectivity index (χ1v) is 16.9. The molecular weight excluding hydrogens is 524 g/mol. The highest BCUT2D eigenvalue weighted by Crippen LogP contribution is 2.59. The van der Waals surface area contributed by atoms with Crippen molar-refractivity contribution in [1.82, 2.24) is 9.80 Å². The number of hydrogen-bond acceptors (Lipinski definition) is 3. The highest BCUT2D eigenvalue weighted by Gasteiger charge is 2.54. The fourth-order valence-corrected chi connectivity index (χ4v) is 9.16. The summed E-state index contributed by atoms with van der Waals surface area (Å²) < 4.78 is 7.11. The lowest BCUT2D eigenvalue weighted by atomic mass is 9.79. The average molecular weight is 571 g/mol. The van der Waals surface area contributed by atoms with Gasteiger partial charge in [0, 0.05) is 24.2 Å². The Morgan fingerprint density at radius 3 is 2.72 bits per heavy atom. The minimum absolute atomic E-state index is 0.208. The summed E-state index contributed by atoms with van der Waals surface area (Å²) in [5.41, 5.74) is 10.2. The van der Waals surface area contributed by atoms with Gasteiger partial charge in [0.25, 0.3) is 0 Å². The van der Waals surface area contributed by atoms with Gasteiger partial charge in [-0.1, -0.05) is 98.9 Å². The lowest BCUT2D eigenvalue weighted by Crippen LogP contribution is -2.32. The van der Waals surface area contributed by atoms with E-state index < -0.39 is 0 Å². The average Bonchev–Trinajstić information content (AvgIpc) is 3.71. The molecule has 2 aromatic carbocycles. The minimum atomic E-state index is 0.208. The molecule has 6 unspecified atom stereocenters. The van der Waals surface area contributed by atoms with Gasteiger partial charge in [0.05, 0.1) is 12.1 Å². The normalized spacial score (nSPS) is 29.6. The molecule has 0 radical (unpaired) electrons. The molecule has 0 bridgehead atoms. The number of hydrogen-bond donors (Lipinski definition) is 0. The van der Waals surface area contributed by atoms with Crippen molar-refractivity contribution in [3.8, 4) is 5.75 Å². The molecule has 0 saturated carbocycles. The summed E-state index contributed by atoms with van der Waals surface area (Å²) in [4.78, 5) is 5.63. The van der Waals surface area contributed by atoms with Crippen LogP contribution in [0.15, 0.2) is 90.2 Å². The summed E-state index contributed by atoms with van der Waals surface area (Å²) in [5, 5.41) is 0. The van der Waals surface area contributed by atoms with Crippen LogP contribution in [-0.4, -0.2) is 21.9 Å². The highest BCUT2D eigenvalue weighted by atomic mass is 16.5. The third kappa shape index (κ3) is 4.49. The fourth-order valence-electron chi connectivity index (χ4n) is 9.16. The number of allylic oxidation sites excluding steroid dienone is 8. The molecular formula is C40H46N2O. The summed E-state index contributed by atoms with van der Waals surface area (Å²) in [6, 6.07) is 14.6.